The second-order valence-corrected chi connectivity index (χ2v) is 11.4. The summed E-state index contributed by atoms with van der Waals surface area (Å²) in [7, 11) is 0. The highest BCUT2D eigenvalue weighted by atomic mass is 16.5. The molecule has 8 nitrogen and oxygen atoms in total. The maximum Gasteiger partial charge on any atom is 0.275 e. The summed E-state index contributed by atoms with van der Waals surface area (Å²) in [5.41, 5.74) is 2.94. The average molecular weight is 570 g/mol. The van der Waals surface area contributed by atoms with Gasteiger partial charge in [-0.05, 0) is 35.6 Å². The highest BCUT2D eigenvalue weighted by molar-refractivity contribution is 6.06. The van der Waals surface area contributed by atoms with Gasteiger partial charge in [0, 0.05) is 18.0 Å². The Bertz CT molecular complexity index is 1510. The van der Waals surface area contributed by atoms with Gasteiger partial charge < -0.3 is 24.6 Å². The molecule has 0 radical (unpaired) electrons. The second kappa shape index (κ2) is 13.4. The van der Waals surface area contributed by atoms with E-state index in [1.54, 1.807) is 20.8 Å². The molecule has 0 saturated carbocycles. The molecule has 220 valence electrons. The van der Waals surface area contributed by atoms with Crippen molar-refractivity contribution < 1.29 is 23.6 Å². The van der Waals surface area contributed by atoms with Crippen molar-refractivity contribution in [3.63, 3.8) is 0 Å². The van der Waals surface area contributed by atoms with Gasteiger partial charge in [-0.25, -0.2) is 0 Å². The highest BCUT2D eigenvalue weighted by Crippen LogP contribution is 2.43. The lowest BCUT2D eigenvalue weighted by molar-refractivity contribution is -0.123. The van der Waals surface area contributed by atoms with Crippen molar-refractivity contribution in [1.29, 1.82) is 0 Å². The third-order valence-corrected chi connectivity index (χ3v) is 6.62. The number of hydrogen-bond donors (Lipinski definition) is 2. The maximum absolute atomic E-state index is 13.1. The van der Waals surface area contributed by atoms with E-state index >= 15 is 0 Å². The monoisotopic (exact) mass is 569 g/mol. The summed E-state index contributed by atoms with van der Waals surface area (Å²) in [5.74, 6) is 0.719. The number of anilines is 1. The largest absolute Gasteiger partial charge is 0.488 e. The van der Waals surface area contributed by atoms with E-state index in [9.17, 15) is 9.59 Å². The minimum atomic E-state index is -0.724. The van der Waals surface area contributed by atoms with Gasteiger partial charge in [-0.2, -0.15) is 0 Å². The van der Waals surface area contributed by atoms with Crippen LogP contribution in [0.5, 0.6) is 11.5 Å². The molecule has 0 bridgehead atoms. The Morgan fingerprint density at radius 2 is 1.45 bits per heavy atom. The number of aromatic nitrogens is 1. The normalized spacial score (nSPS) is 11.3. The molecule has 4 aromatic rings. The fraction of sp³-hybridized carbons (Fsp3) is 0.324. The number of carbonyl (C=O) groups excluding carboxylic acids is 2. The number of rotatable bonds is 11. The van der Waals surface area contributed by atoms with Gasteiger partial charge in [-0.3, -0.25) is 9.59 Å². The van der Waals surface area contributed by atoms with E-state index < -0.39 is 11.3 Å². The lowest BCUT2D eigenvalue weighted by Crippen LogP contribution is -2.30. The van der Waals surface area contributed by atoms with E-state index in [4.69, 9.17) is 14.0 Å². The molecular formula is C34H39N3O5. The summed E-state index contributed by atoms with van der Waals surface area (Å²) in [6.45, 7) is 12.4. The Hall–Kier alpha value is -4.59. The van der Waals surface area contributed by atoms with Crippen molar-refractivity contribution in [2.24, 2.45) is 5.41 Å². The van der Waals surface area contributed by atoms with Gasteiger partial charge in [-0.15, -0.1) is 0 Å². The number of amides is 2. The minimum Gasteiger partial charge on any atom is -0.488 e. The predicted octanol–water partition coefficient (Wildman–Crippen LogP) is 7.36. The molecule has 2 amide bonds. The van der Waals surface area contributed by atoms with Crippen molar-refractivity contribution in [2.45, 2.75) is 60.7 Å². The van der Waals surface area contributed by atoms with Gasteiger partial charge in [0.15, 0.2) is 11.5 Å². The molecule has 0 atom stereocenters. The third-order valence-electron chi connectivity index (χ3n) is 6.62. The first-order chi connectivity index (χ1) is 20.1. The van der Waals surface area contributed by atoms with Gasteiger partial charge in [-0.1, -0.05) is 100 Å². The van der Waals surface area contributed by atoms with Gasteiger partial charge in [0.1, 0.15) is 30.4 Å². The van der Waals surface area contributed by atoms with E-state index in [0.29, 0.717) is 30.2 Å². The summed E-state index contributed by atoms with van der Waals surface area (Å²) in [5, 5.41) is 9.74. The van der Waals surface area contributed by atoms with Gasteiger partial charge in [0.05, 0.1) is 5.56 Å². The van der Waals surface area contributed by atoms with Crippen molar-refractivity contribution >= 4 is 17.5 Å². The molecule has 8 heteroatoms. The molecule has 4 rings (SSSR count). The lowest BCUT2D eigenvalue weighted by atomic mass is 9.94. The second-order valence-electron chi connectivity index (χ2n) is 11.4. The van der Waals surface area contributed by atoms with Crippen molar-refractivity contribution in [2.75, 3.05) is 11.9 Å². The standard InChI is InChI=1S/C34H39N3O5/c1-7-35-32(38)30-29(36-33(39)34(4,5)6)31(42-37-30)26-18-25(22(2)3)27(40-20-23-14-10-8-11-15-23)19-28(26)41-21-24-16-12-9-13-17-24/h8-19,22H,7,20-21H2,1-6H3,(H,35,38)(H,36,39). The van der Waals surface area contributed by atoms with Crippen molar-refractivity contribution in [3.05, 3.63) is 95.2 Å². The van der Waals surface area contributed by atoms with E-state index in [-0.39, 0.29) is 35.6 Å². The van der Waals surface area contributed by atoms with Crippen LogP contribution in [0.15, 0.2) is 77.3 Å². The number of nitrogens with zero attached hydrogens (tertiary/aromatic N) is 1. The van der Waals surface area contributed by atoms with Crippen LogP contribution in [0.3, 0.4) is 0 Å². The zero-order valence-corrected chi connectivity index (χ0v) is 25.1. The molecule has 0 fully saturated rings. The molecule has 1 aromatic heterocycles. The first kappa shape index (κ1) is 30.4. The van der Waals surface area contributed by atoms with Crippen molar-refractivity contribution in [1.82, 2.24) is 10.5 Å². The average Bonchev–Trinajstić information content (AvgIpc) is 3.38. The van der Waals surface area contributed by atoms with Gasteiger partial charge >= 0.3 is 0 Å². The Labute approximate surface area is 247 Å². The molecule has 0 aliphatic heterocycles. The van der Waals surface area contributed by atoms with E-state index in [1.807, 2.05) is 79.7 Å². The molecular weight excluding hydrogens is 530 g/mol. The SMILES string of the molecule is CCNC(=O)c1noc(-c2cc(C(C)C)c(OCc3ccccc3)cc2OCc2ccccc2)c1NC(=O)C(C)(C)C. The first-order valence-corrected chi connectivity index (χ1v) is 14.2. The zero-order chi connectivity index (χ0) is 30.3. The zero-order valence-electron chi connectivity index (χ0n) is 25.1. The highest BCUT2D eigenvalue weighted by Gasteiger charge is 2.31. The van der Waals surface area contributed by atoms with Crippen molar-refractivity contribution in [3.8, 4) is 22.8 Å². The van der Waals surface area contributed by atoms with Crippen LogP contribution in [0.25, 0.3) is 11.3 Å². The number of ether oxygens (including phenoxy) is 2. The fourth-order valence-electron chi connectivity index (χ4n) is 4.21. The Morgan fingerprint density at radius 3 is 1.98 bits per heavy atom. The summed E-state index contributed by atoms with van der Waals surface area (Å²) < 4.78 is 18.5. The predicted molar refractivity (Wildman–Crippen MR) is 164 cm³/mol. The maximum atomic E-state index is 13.1. The molecule has 42 heavy (non-hydrogen) atoms. The topological polar surface area (TPSA) is 103 Å². The lowest BCUT2D eigenvalue weighted by Gasteiger charge is -2.20. The first-order valence-electron chi connectivity index (χ1n) is 14.2. The van der Waals surface area contributed by atoms with Gasteiger partial charge in [0.2, 0.25) is 5.91 Å². The number of carbonyl (C=O) groups is 2. The summed E-state index contributed by atoms with van der Waals surface area (Å²) in [6, 6.07) is 23.5. The number of benzene rings is 3. The molecule has 0 aliphatic rings. The smallest absolute Gasteiger partial charge is 0.275 e. The quantitative estimate of drug-likeness (QED) is 0.196. The molecule has 1 heterocycles. The van der Waals surface area contributed by atoms with Crippen LogP contribution in [-0.2, 0) is 18.0 Å². The van der Waals surface area contributed by atoms with Crippen LogP contribution in [0.2, 0.25) is 0 Å². The van der Waals surface area contributed by atoms with E-state index in [2.05, 4.69) is 29.6 Å². The van der Waals surface area contributed by atoms with Crippen LogP contribution in [0.1, 0.15) is 74.6 Å². The molecule has 0 saturated heterocycles. The molecule has 0 unspecified atom stereocenters. The van der Waals surface area contributed by atoms with Crippen LogP contribution < -0.4 is 20.1 Å². The summed E-state index contributed by atoms with van der Waals surface area (Å²) >= 11 is 0. The summed E-state index contributed by atoms with van der Waals surface area (Å²) in [4.78, 5) is 26.1. The third kappa shape index (κ3) is 7.37. The Kier molecular flexibility index (Phi) is 9.68. The Balaban J connectivity index is 1.85. The molecule has 2 N–H and O–H groups in total. The fourth-order valence-corrected chi connectivity index (χ4v) is 4.21. The minimum absolute atomic E-state index is 0.00559. The number of nitrogens with one attached hydrogen (secondary N) is 2. The van der Waals surface area contributed by atoms with E-state index in [1.165, 1.54) is 0 Å². The summed E-state index contributed by atoms with van der Waals surface area (Å²) in [6.07, 6.45) is 0. The molecule has 0 spiro atoms. The number of hydrogen-bond acceptors (Lipinski definition) is 6. The van der Waals surface area contributed by atoms with E-state index in [0.717, 1.165) is 16.7 Å². The molecule has 0 aliphatic carbocycles. The van der Waals surface area contributed by atoms with Crippen LogP contribution in [0.4, 0.5) is 5.69 Å². The van der Waals surface area contributed by atoms with Crippen LogP contribution >= 0.6 is 0 Å². The van der Waals surface area contributed by atoms with Crippen LogP contribution in [0, 0.1) is 5.41 Å². The molecule has 3 aromatic carbocycles. The van der Waals surface area contributed by atoms with Gasteiger partial charge in [0.25, 0.3) is 5.91 Å². The Morgan fingerprint density at radius 1 is 0.881 bits per heavy atom. The van der Waals surface area contributed by atoms with Crippen LogP contribution in [-0.4, -0.2) is 23.5 Å².